The minimum Gasteiger partial charge on any atom is -0.480 e. The molecule has 14 heavy (non-hydrogen) atoms. The molecular weight excluding hydrogens is 211 g/mol. The number of halogens is 2. The molecule has 0 spiro atoms. The molecule has 6 heteroatoms. The molecule has 0 aliphatic heterocycles. The molecule has 4 nitrogen and oxygen atoms in total. The van der Waals surface area contributed by atoms with E-state index in [1.165, 1.54) is 0 Å². The van der Waals surface area contributed by atoms with Crippen molar-refractivity contribution in [2.45, 2.75) is 12.5 Å². The Morgan fingerprint density at radius 2 is 2.43 bits per heavy atom. The van der Waals surface area contributed by atoms with Crippen molar-refractivity contribution in [2.75, 3.05) is 0 Å². The van der Waals surface area contributed by atoms with Crippen molar-refractivity contribution in [2.24, 2.45) is 5.73 Å². The van der Waals surface area contributed by atoms with Gasteiger partial charge in [0.05, 0.1) is 6.20 Å². The summed E-state index contributed by atoms with van der Waals surface area (Å²) < 4.78 is 12.7. The molecule has 0 bridgehead atoms. The average molecular weight is 219 g/mol. The first kappa shape index (κ1) is 10.9. The van der Waals surface area contributed by atoms with E-state index in [0.717, 1.165) is 12.3 Å². The van der Waals surface area contributed by atoms with Crippen LogP contribution in [0.4, 0.5) is 4.39 Å². The van der Waals surface area contributed by atoms with E-state index >= 15 is 0 Å². The molecule has 1 heterocycles. The van der Waals surface area contributed by atoms with Gasteiger partial charge in [-0.25, -0.2) is 9.37 Å². The topological polar surface area (TPSA) is 76.2 Å². The maximum Gasteiger partial charge on any atom is 0.320 e. The third-order valence-corrected chi connectivity index (χ3v) is 1.98. The van der Waals surface area contributed by atoms with Crippen LogP contribution in [0, 0.1) is 5.82 Å². The second-order valence-electron chi connectivity index (χ2n) is 2.75. The maximum absolute atomic E-state index is 12.7. The van der Waals surface area contributed by atoms with Crippen molar-refractivity contribution < 1.29 is 14.3 Å². The minimum absolute atomic E-state index is 0.0427. The van der Waals surface area contributed by atoms with E-state index in [1.54, 1.807) is 0 Å². The highest BCUT2D eigenvalue weighted by Crippen LogP contribution is 2.15. The predicted octanol–water partition coefficient (Wildman–Crippen LogP) is 0.829. The number of hydrogen-bond donors (Lipinski definition) is 2. The summed E-state index contributed by atoms with van der Waals surface area (Å²) in [6, 6.07) is 0.0223. The fourth-order valence-corrected chi connectivity index (χ4v) is 1.11. The van der Waals surface area contributed by atoms with Crippen LogP contribution in [0.15, 0.2) is 12.3 Å². The highest BCUT2D eigenvalue weighted by molar-refractivity contribution is 6.30. The number of carboxylic acid groups (broad SMARTS) is 1. The summed E-state index contributed by atoms with van der Waals surface area (Å²) in [6.07, 6.45) is 0.914. The van der Waals surface area contributed by atoms with Crippen molar-refractivity contribution in [3.05, 3.63) is 28.8 Å². The van der Waals surface area contributed by atoms with Gasteiger partial charge in [0.1, 0.15) is 17.0 Å². The number of pyridine rings is 1. The quantitative estimate of drug-likeness (QED) is 0.737. The lowest BCUT2D eigenvalue weighted by molar-refractivity contribution is -0.138. The molecule has 0 amide bonds. The van der Waals surface area contributed by atoms with Crippen LogP contribution in [0.1, 0.15) is 5.56 Å². The fourth-order valence-electron chi connectivity index (χ4n) is 0.932. The highest BCUT2D eigenvalue weighted by atomic mass is 35.5. The van der Waals surface area contributed by atoms with Gasteiger partial charge in [-0.15, -0.1) is 0 Å². The van der Waals surface area contributed by atoms with Crippen LogP contribution < -0.4 is 5.73 Å². The van der Waals surface area contributed by atoms with Crippen molar-refractivity contribution in [1.29, 1.82) is 0 Å². The van der Waals surface area contributed by atoms with Crippen LogP contribution in [0.25, 0.3) is 0 Å². The van der Waals surface area contributed by atoms with Crippen LogP contribution in [0.3, 0.4) is 0 Å². The molecule has 0 aromatic carbocycles. The van der Waals surface area contributed by atoms with Gasteiger partial charge in [0.2, 0.25) is 0 Å². The summed E-state index contributed by atoms with van der Waals surface area (Å²) >= 11 is 5.62. The largest absolute Gasteiger partial charge is 0.480 e. The Bertz CT molecular complexity index is 359. The summed E-state index contributed by atoms with van der Waals surface area (Å²) in [5, 5.41) is 8.59. The highest BCUT2D eigenvalue weighted by Gasteiger charge is 2.15. The number of carboxylic acids is 1. The van der Waals surface area contributed by atoms with E-state index < -0.39 is 17.8 Å². The molecule has 1 rings (SSSR count). The minimum atomic E-state index is -1.16. The first-order valence-electron chi connectivity index (χ1n) is 3.79. The lowest BCUT2D eigenvalue weighted by atomic mass is 10.1. The van der Waals surface area contributed by atoms with E-state index in [4.69, 9.17) is 22.4 Å². The van der Waals surface area contributed by atoms with E-state index in [1.807, 2.05) is 0 Å². The van der Waals surface area contributed by atoms with Gasteiger partial charge in [-0.1, -0.05) is 11.6 Å². The Morgan fingerprint density at radius 1 is 1.79 bits per heavy atom. The van der Waals surface area contributed by atoms with Gasteiger partial charge in [-0.05, 0) is 11.6 Å². The van der Waals surface area contributed by atoms with Crippen LogP contribution in [0.5, 0.6) is 0 Å². The molecule has 76 valence electrons. The van der Waals surface area contributed by atoms with Crippen molar-refractivity contribution in [3.8, 4) is 0 Å². The van der Waals surface area contributed by atoms with Gasteiger partial charge >= 0.3 is 5.97 Å². The Hall–Kier alpha value is -1.20. The number of nitrogens with two attached hydrogens (primary N) is 1. The zero-order valence-electron chi connectivity index (χ0n) is 7.08. The molecular formula is C8H8ClFN2O2. The van der Waals surface area contributed by atoms with Gasteiger partial charge in [-0.3, -0.25) is 4.79 Å². The van der Waals surface area contributed by atoms with Crippen LogP contribution in [-0.2, 0) is 11.2 Å². The summed E-state index contributed by atoms with van der Waals surface area (Å²) in [4.78, 5) is 14.0. The van der Waals surface area contributed by atoms with E-state index in [2.05, 4.69) is 4.98 Å². The van der Waals surface area contributed by atoms with Gasteiger partial charge in [0.15, 0.2) is 0 Å². The molecule has 1 aromatic rings. The number of aliphatic carboxylic acids is 1. The number of hydrogen-bond acceptors (Lipinski definition) is 3. The van der Waals surface area contributed by atoms with E-state index in [-0.39, 0.29) is 11.6 Å². The smallest absolute Gasteiger partial charge is 0.320 e. The van der Waals surface area contributed by atoms with Gasteiger partial charge < -0.3 is 10.8 Å². The third-order valence-electron chi connectivity index (χ3n) is 1.64. The van der Waals surface area contributed by atoms with Crippen molar-refractivity contribution >= 4 is 17.6 Å². The molecule has 1 unspecified atom stereocenters. The van der Waals surface area contributed by atoms with E-state index in [9.17, 15) is 9.18 Å². The fraction of sp³-hybridized carbons (Fsp3) is 0.250. The molecule has 0 saturated carbocycles. The van der Waals surface area contributed by atoms with Gasteiger partial charge in [0, 0.05) is 6.42 Å². The van der Waals surface area contributed by atoms with Crippen molar-refractivity contribution in [1.82, 2.24) is 4.98 Å². The maximum atomic E-state index is 12.7. The molecule has 1 atom stereocenters. The lowest BCUT2D eigenvalue weighted by Gasteiger charge is -2.07. The SMILES string of the molecule is NC(Cc1cc(F)cnc1Cl)C(=O)O. The molecule has 0 fully saturated rings. The Balaban J connectivity index is 2.85. The summed E-state index contributed by atoms with van der Waals surface area (Å²) in [7, 11) is 0. The second-order valence-corrected chi connectivity index (χ2v) is 3.11. The number of nitrogens with zero attached hydrogens (tertiary/aromatic N) is 1. The van der Waals surface area contributed by atoms with Crippen LogP contribution >= 0.6 is 11.6 Å². The van der Waals surface area contributed by atoms with E-state index in [0.29, 0.717) is 5.56 Å². The monoisotopic (exact) mass is 218 g/mol. The predicted molar refractivity (Wildman–Crippen MR) is 48.5 cm³/mol. The first-order valence-corrected chi connectivity index (χ1v) is 4.17. The summed E-state index contributed by atoms with van der Waals surface area (Å²) in [6.45, 7) is 0. The Labute approximate surface area is 84.5 Å². The molecule has 0 radical (unpaired) electrons. The molecule has 1 aromatic heterocycles. The number of aromatic nitrogens is 1. The summed E-state index contributed by atoms with van der Waals surface area (Å²) in [5.74, 6) is -1.73. The zero-order chi connectivity index (χ0) is 10.7. The Morgan fingerprint density at radius 3 is 3.00 bits per heavy atom. The zero-order valence-corrected chi connectivity index (χ0v) is 7.83. The van der Waals surface area contributed by atoms with Crippen LogP contribution in [-0.4, -0.2) is 22.1 Å². The number of rotatable bonds is 3. The third kappa shape index (κ3) is 2.65. The van der Waals surface area contributed by atoms with Crippen molar-refractivity contribution in [3.63, 3.8) is 0 Å². The molecule has 3 N–H and O–H groups in total. The Kier molecular flexibility index (Phi) is 3.38. The number of carbonyl (C=O) groups is 1. The molecule has 0 aliphatic carbocycles. The molecule has 0 aliphatic rings. The van der Waals surface area contributed by atoms with Crippen LogP contribution in [0.2, 0.25) is 5.15 Å². The van der Waals surface area contributed by atoms with Gasteiger partial charge in [-0.2, -0.15) is 0 Å². The molecule has 0 saturated heterocycles. The first-order chi connectivity index (χ1) is 6.50. The standard InChI is InChI=1S/C8H8ClFN2O2/c9-7-4(1-5(10)3-12-7)2-6(11)8(13)14/h1,3,6H,2,11H2,(H,13,14). The second kappa shape index (κ2) is 4.34. The summed E-state index contributed by atoms with van der Waals surface area (Å²) in [5.41, 5.74) is 5.55. The normalized spacial score (nSPS) is 12.5. The van der Waals surface area contributed by atoms with Gasteiger partial charge in [0.25, 0.3) is 0 Å². The lowest BCUT2D eigenvalue weighted by Crippen LogP contribution is -2.32. The average Bonchev–Trinajstić information content (AvgIpc) is 2.11.